The first kappa shape index (κ1) is 37.0. The van der Waals surface area contributed by atoms with Crippen molar-refractivity contribution in [1.29, 1.82) is 0 Å². The molecule has 0 radical (unpaired) electrons. The lowest BCUT2D eigenvalue weighted by molar-refractivity contribution is -0.115. The van der Waals surface area contributed by atoms with E-state index in [0.29, 0.717) is 34.1 Å². The smallest absolute Gasteiger partial charge is 0.425 e. The number of carbonyl (C=O) groups is 3. The second-order valence-corrected chi connectivity index (χ2v) is 13.6. The van der Waals surface area contributed by atoms with Gasteiger partial charge in [-0.05, 0) is 76.9 Å². The van der Waals surface area contributed by atoms with E-state index in [1.54, 1.807) is 97.2 Å². The highest BCUT2D eigenvalue weighted by molar-refractivity contribution is 6.09. The molecule has 0 bridgehead atoms. The van der Waals surface area contributed by atoms with Gasteiger partial charge in [-0.25, -0.2) is 19.6 Å². The van der Waals surface area contributed by atoms with Crippen LogP contribution in [-0.4, -0.2) is 51.5 Å². The van der Waals surface area contributed by atoms with E-state index < -0.39 is 29.3 Å². The molecule has 0 aliphatic heterocycles. The predicted molar refractivity (Wildman–Crippen MR) is 194 cm³/mol. The molecule has 0 saturated heterocycles. The molecule has 52 heavy (non-hydrogen) atoms. The van der Waals surface area contributed by atoms with E-state index in [1.807, 2.05) is 30.3 Å². The normalized spacial score (nSPS) is 11.4. The molecule has 13 heteroatoms. The average molecular weight is 708 g/mol. The Kier molecular flexibility index (Phi) is 11.2. The Morgan fingerprint density at radius 2 is 1.44 bits per heavy atom. The number of amides is 3. The Morgan fingerprint density at radius 3 is 2.12 bits per heavy atom. The zero-order valence-corrected chi connectivity index (χ0v) is 30.1. The van der Waals surface area contributed by atoms with Crippen LogP contribution in [0.2, 0.25) is 0 Å². The monoisotopic (exact) mass is 707 g/mol. The number of benzene rings is 3. The van der Waals surface area contributed by atoms with Gasteiger partial charge in [0, 0.05) is 17.8 Å². The fraction of sp³-hybridized carbons (Fsp3) is 0.282. The summed E-state index contributed by atoms with van der Waals surface area (Å²) in [5.74, 6) is 0.517. The van der Waals surface area contributed by atoms with E-state index in [-0.39, 0.29) is 35.2 Å². The molecule has 0 saturated carbocycles. The molecule has 0 spiro atoms. The van der Waals surface area contributed by atoms with Gasteiger partial charge in [0.2, 0.25) is 11.8 Å². The maximum atomic E-state index is 13.4. The molecule has 3 aromatic carbocycles. The van der Waals surface area contributed by atoms with E-state index in [2.05, 4.69) is 20.4 Å². The highest BCUT2D eigenvalue weighted by Crippen LogP contribution is 2.38. The third-order valence-electron chi connectivity index (χ3n) is 7.05. The van der Waals surface area contributed by atoms with Crippen LogP contribution in [-0.2, 0) is 27.3 Å². The van der Waals surface area contributed by atoms with Crippen molar-refractivity contribution in [3.05, 3.63) is 102 Å². The van der Waals surface area contributed by atoms with Gasteiger partial charge in [-0.15, -0.1) is 0 Å². The summed E-state index contributed by atoms with van der Waals surface area (Å²) in [6.07, 6.45) is -0.669. The van der Waals surface area contributed by atoms with Crippen LogP contribution in [0.5, 0.6) is 11.5 Å². The summed E-state index contributed by atoms with van der Waals surface area (Å²) in [6.45, 7) is 10.4. The van der Waals surface area contributed by atoms with Crippen LogP contribution < -0.4 is 19.7 Å². The maximum Gasteiger partial charge on any atom is 0.425 e. The number of anilines is 2. The number of aromatic nitrogens is 3. The number of rotatable bonds is 10. The van der Waals surface area contributed by atoms with Crippen LogP contribution in [0.3, 0.4) is 0 Å². The molecule has 2 aromatic heterocycles. The topological polar surface area (TPSA) is 155 Å². The summed E-state index contributed by atoms with van der Waals surface area (Å²) in [5, 5.41) is 7.09. The summed E-state index contributed by atoms with van der Waals surface area (Å²) in [6, 6.07) is 25.3. The zero-order valence-electron chi connectivity index (χ0n) is 30.1. The third kappa shape index (κ3) is 9.93. The Morgan fingerprint density at radius 1 is 0.788 bits per heavy atom. The highest BCUT2D eigenvalue weighted by atomic mass is 16.6. The third-order valence-corrected chi connectivity index (χ3v) is 7.05. The molecule has 3 amide bonds. The van der Waals surface area contributed by atoms with Gasteiger partial charge in [-0.1, -0.05) is 59.8 Å². The van der Waals surface area contributed by atoms with E-state index in [1.165, 1.54) is 12.3 Å². The maximum absolute atomic E-state index is 13.4. The van der Waals surface area contributed by atoms with E-state index >= 15 is 0 Å². The van der Waals surface area contributed by atoms with Crippen LogP contribution >= 0.6 is 0 Å². The second-order valence-electron chi connectivity index (χ2n) is 13.6. The average Bonchev–Trinajstić information content (AvgIpc) is 3.50. The van der Waals surface area contributed by atoms with Gasteiger partial charge < -0.3 is 23.5 Å². The first-order chi connectivity index (χ1) is 24.7. The molecule has 0 aliphatic carbocycles. The Labute approximate surface area is 301 Å². The first-order valence-corrected chi connectivity index (χ1v) is 16.5. The molecule has 5 rings (SSSR count). The summed E-state index contributed by atoms with van der Waals surface area (Å²) in [7, 11) is 1.55. The quantitative estimate of drug-likeness (QED) is 0.149. The van der Waals surface area contributed by atoms with Crippen LogP contribution in [0, 0.1) is 0 Å². The zero-order chi connectivity index (χ0) is 37.5. The van der Waals surface area contributed by atoms with Crippen molar-refractivity contribution in [1.82, 2.24) is 15.1 Å². The number of nitrogens with zero attached hydrogens (tertiary/aromatic N) is 4. The van der Waals surface area contributed by atoms with Crippen molar-refractivity contribution in [2.45, 2.75) is 65.8 Å². The lowest BCUT2D eigenvalue weighted by atomic mass is 10.1. The number of imide groups is 1. The second kappa shape index (κ2) is 15.8. The minimum absolute atomic E-state index is 0.0125. The standard InChI is InChI=1S/C39H41N5O8/c1-38(2,3)50-36(46)44(37(47)51-39(4,5)6)30-19-20-40-34(41-30)32-33(27-16-12-18-29(23-27)49-24-25-13-9-8-10-14-25)43-52-35(32)42-31(45)22-26-15-11-17-28(21-26)48-7/h8-21,23H,22,24H2,1-7H3,(H,42,45). The van der Waals surface area contributed by atoms with Crippen LogP contribution in [0.1, 0.15) is 52.7 Å². The molecule has 5 aromatic rings. The van der Waals surface area contributed by atoms with Crippen molar-refractivity contribution in [2.24, 2.45) is 0 Å². The lowest BCUT2D eigenvalue weighted by Crippen LogP contribution is -2.44. The lowest BCUT2D eigenvalue weighted by Gasteiger charge is -2.28. The Bertz CT molecular complexity index is 2000. The Hall–Kier alpha value is -6.24. The summed E-state index contributed by atoms with van der Waals surface area (Å²) in [5.41, 5.74) is 0.814. The fourth-order valence-corrected chi connectivity index (χ4v) is 4.86. The van der Waals surface area contributed by atoms with Crippen molar-refractivity contribution in [3.63, 3.8) is 0 Å². The van der Waals surface area contributed by atoms with Gasteiger partial charge >= 0.3 is 12.2 Å². The van der Waals surface area contributed by atoms with Crippen LogP contribution in [0.15, 0.2) is 95.6 Å². The van der Waals surface area contributed by atoms with Gasteiger partial charge in [0.1, 0.15) is 40.6 Å². The Balaban J connectivity index is 1.56. The van der Waals surface area contributed by atoms with Gasteiger partial charge in [0.25, 0.3) is 0 Å². The molecule has 1 N–H and O–H groups in total. The van der Waals surface area contributed by atoms with Crippen molar-refractivity contribution < 1.29 is 37.9 Å². The molecular weight excluding hydrogens is 666 g/mol. The molecule has 0 atom stereocenters. The minimum atomic E-state index is -1.01. The highest BCUT2D eigenvalue weighted by Gasteiger charge is 2.34. The molecule has 0 aliphatic rings. The summed E-state index contributed by atoms with van der Waals surface area (Å²) >= 11 is 0. The molecule has 13 nitrogen and oxygen atoms in total. The predicted octanol–water partition coefficient (Wildman–Crippen LogP) is 8.24. The number of methoxy groups -OCH3 is 1. The first-order valence-electron chi connectivity index (χ1n) is 16.5. The van der Waals surface area contributed by atoms with Crippen molar-refractivity contribution in [3.8, 4) is 34.1 Å². The van der Waals surface area contributed by atoms with Crippen LogP contribution in [0.4, 0.5) is 21.3 Å². The van der Waals surface area contributed by atoms with Gasteiger partial charge in [0.05, 0.1) is 13.5 Å². The fourth-order valence-electron chi connectivity index (χ4n) is 4.86. The number of ether oxygens (including phenoxy) is 4. The van der Waals surface area contributed by atoms with Gasteiger partial charge in [-0.2, -0.15) is 4.90 Å². The SMILES string of the molecule is COc1cccc(CC(=O)Nc2onc(-c3cccc(OCc4ccccc4)c3)c2-c2nccc(N(C(=O)OC(C)(C)C)C(=O)OC(C)(C)C)n2)c1. The summed E-state index contributed by atoms with van der Waals surface area (Å²) < 4.78 is 28.2. The van der Waals surface area contributed by atoms with Crippen molar-refractivity contribution in [2.75, 3.05) is 17.3 Å². The van der Waals surface area contributed by atoms with E-state index in [0.717, 1.165) is 5.56 Å². The van der Waals surface area contributed by atoms with E-state index in [9.17, 15) is 14.4 Å². The number of hydrogen-bond donors (Lipinski definition) is 1. The molecule has 0 fully saturated rings. The molecule has 0 unspecified atom stereocenters. The molecular formula is C39H41N5O8. The van der Waals surface area contributed by atoms with Crippen LogP contribution in [0.25, 0.3) is 22.6 Å². The van der Waals surface area contributed by atoms with Gasteiger partial charge in [0.15, 0.2) is 11.6 Å². The number of carbonyl (C=O) groups excluding carboxylic acids is 3. The van der Waals surface area contributed by atoms with Crippen molar-refractivity contribution >= 4 is 29.8 Å². The van der Waals surface area contributed by atoms with E-state index in [4.69, 9.17) is 23.5 Å². The molecule has 270 valence electrons. The number of nitrogens with one attached hydrogen (secondary N) is 1. The molecule has 2 heterocycles. The minimum Gasteiger partial charge on any atom is -0.497 e. The summed E-state index contributed by atoms with van der Waals surface area (Å²) in [4.78, 5) is 50.0. The number of hydrogen-bond acceptors (Lipinski definition) is 11. The van der Waals surface area contributed by atoms with Gasteiger partial charge in [-0.3, -0.25) is 10.1 Å². The largest absolute Gasteiger partial charge is 0.497 e.